The molecule has 2 N–H and O–H groups in total. The number of aromatic amines is 1. The summed E-state index contributed by atoms with van der Waals surface area (Å²) in [5, 5.41) is 7.46. The molecule has 4 rings (SSSR count). The third-order valence-corrected chi connectivity index (χ3v) is 4.19. The number of hydrogen-bond acceptors (Lipinski definition) is 2. The van der Waals surface area contributed by atoms with Crippen LogP contribution in [0.25, 0.3) is 21.7 Å². The summed E-state index contributed by atoms with van der Waals surface area (Å²) >= 11 is 0. The molecular formula is C21H17N3O. The van der Waals surface area contributed by atoms with E-state index in [-0.39, 0.29) is 5.91 Å². The van der Waals surface area contributed by atoms with Crippen LogP contribution in [0.2, 0.25) is 0 Å². The fraction of sp³-hybridized carbons (Fsp3) is 0.0476. The van der Waals surface area contributed by atoms with Gasteiger partial charge in [0.25, 0.3) is 0 Å². The fourth-order valence-corrected chi connectivity index (χ4v) is 2.95. The molecule has 1 amide bonds. The molecule has 0 aliphatic rings. The molecule has 0 fully saturated rings. The lowest BCUT2D eigenvalue weighted by atomic mass is 10.1. The number of para-hydroxylation sites is 1. The van der Waals surface area contributed by atoms with Crippen LogP contribution in [0.15, 0.2) is 78.0 Å². The maximum atomic E-state index is 12.1. The zero-order valence-corrected chi connectivity index (χ0v) is 13.6. The second kappa shape index (κ2) is 6.61. The first-order chi connectivity index (χ1) is 12.3. The number of fused-ring (bicyclic) bond motifs is 2. The van der Waals surface area contributed by atoms with Crippen molar-refractivity contribution < 1.29 is 4.79 Å². The van der Waals surface area contributed by atoms with Crippen LogP contribution >= 0.6 is 0 Å². The highest BCUT2D eigenvalue weighted by atomic mass is 16.2. The van der Waals surface area contributed by atoms with Crippen LogP contribution in [0.3, 0.4) is 0 Å². The van der Waals surface area contributed by atoms with E-state index in [1.54, 1.807) is 6.21 Å². The molecule has 0 radical (unpaired) electrons. The minimum Gasteiger partial charge on any atom is -0.361 e. The first-order valence-corrected chi connectivity index (χ1v) is 8.15. The molecule has 0 atom stereocenters. The first kappa shape index (κ1) is 15.1. The molecular weight excluding hydrogens is 310 g/mol. The number of hydrogen-bond donors (Lipinski definition) is 2. The van der Waals surface area contributed by atoms with Crippen LogP contribution in [-0.4, -0.2) is 17.1 Å². The highest BCUT2D eigenvalue weighted by Gasteiger charge is 2.04. The molecule has 4 aromatic rings. The maximum Gasteiger partial charge on any atom is 0.244 e. The van der Waals surface area contributed by atoms with Crippen molar-refractivity contribution in [2.75, 3.05) is 0 Å². The van der Waals surface area contributed by atoms with Gasteiger partial charge in [-0.1, -0.05) is 60.7 Å². The second-order valence-electron chi connectivity index (χ2n) is 5.94. The van der Waals surface area contributed by atoms with Gasteiger partial charge in [-0.3, -0.25) is 4.79 Å². The quantitative estimate of drug-likeness (QED) is 0.432. The molecule has 25 heavy (non-hydrogen) atoms. The van der Waals surface area contributed by atoms with Crippen LogP contribution in [0.5, 0.6) is 0 Å². The Bertz CT molecular complexity index is 1080. The highest BCUT2D eigenvalue weighted by Crippen LogP contribution is 2.16. The summed E-state index contributed by atoms with van der Waals surface area (Å²) in [6.45, 7) is 0. The number of nitrogens with zero attached hydrogens (tertiary/aromatic N) is 1. The number of aromatic nitrogens is 1. The van der Waals surface area contributed by atoms with Crippen LogP contribution in [-0.2, 0) is 11.2 Å². The third kappa shape index (κ3) is 3.28. The Balaban J connectivity index is 1.43. The predicted molar refractivity (Wildman–Crippen MR) is 102 cm³/mol. The van der Waals surface area contributed by atoms with E-state index in [2.05, 4.69) is 21.6 Å². The van der Waals surface area contributed by atoms with Gasteiger partial charge in [0.15, 0.2) is 0 Å². The van der Waals surface area contributed by atoms with Crippen molar-refractivity contribution in [2.45, 2.75) is 6.42 Å². The fourth-order valence-electron chi connectivity index (χ4n) is 2.95. The van der Waals surface area contributed by atoms with Gasteiger partial charge >= 0.3 is 0 Å². The molecule has 0 bridgehead atoms. The summed E-state index contributed by atoms with van der Waals surface area (Å²) in [7, 11) is 0. The standard InChI is InChI=1S/C21H17N3O/c25-21(12-15-9-10-16-5-1-2-6-17(16)11-15)24-23-14-18-13-22-20-8-4-3-7-19(18)20/h1-11,13-14,22H,12H2,(H,24,25). The van der Waals surface area contributed by atoms with Crippen LogP contribution in [0.4, 0.5) is 0 Å². The van der Waals surface area contributed by atoms with Crippen molar-refractivity contribution in [2.24, 2.45) is 5.10 Å². The monoisotopic (exact) mass is 327 g/mol. The van der Waals surface area contributed by atoms with Crippen molar-refractivity contribution in [3.8, 4) is 0 Å². The van der Waals surface area contributed by atoms with Gasteiger partial charge in [0, 0.05) is 22.7 Å². The molecule has 1 heterocycles. The molecule has 3 aromatic carbocycles. The molecule has 0 saturated carbocycles. The summed E-state index contributed by atoms with van der Waals surface area (Å²) in [6.07, 6.45) is 3.84. The van der Waals surface area contributed by atoms with Gasteiger partial charge in [0.05, 0.1) is 12.6 Å². The molecule has 0 saturated heterocycles. The second-order valence-corrected chi connectivity index (χ2v) is 5.94. The summed E-state index contributed by atoms with van der Waals surface area (Å²) in [5.74, 6) is -0.133. The topological polar surface area (TPSA) is 57.2 Å². The Labute approximate surface area is 145 Å². The van der Waals surface area contributed by atoms with Crippen molar-refractivity contribution in [1.29, 1.82) is 0 Å². The molecule has 0 spiro atoms. The van der Waals surface area contributed by atoms with E-state index in [1.165, 1.54) is 5.39 Å². The van der Waals surface area contributed by atoms with Crippen molar-refractivity contribution in [1.82, 2.24) is 10.4 Å². The Kier molecular flexibility index (Phi) is 4.01. The lowest BCUT2D eigenvalue weighted by Crippen LogP contribution is -2.19. The van der Waals surface area contributed by atoms with Gasteiger partial charge in [-0.05, 0) is 22.4 Å². The van der Waals surface area contributed by atoms with Gasteiger partial charge in [0.1, 0.15) is 0 Å². The molecule has 4 heteroatoms. The number of H-pyrrole nitrogens is 1. The van der Waals surface area contributed by atoms with Crippen molar-refractivity contribution >= 4 is 33.8 Å². The van der Waals surface area contributed by atoms with Crippen LogP contribution in [0, 0.1) is 0 Å². The molecule has 1 aromatic heterocycles. The van der Waals surface area contributed by atoms with Crippen LogP contribution in [0.1, 0.15) is 11.1 Å². The number of amides is 1. The lowest BCUT2D eigenvalue weighted by Gasteiger charge is -2.03. The van der Waals surface area contributed by atoms with E-state index >= 15 is 0 Å². The summed E-state index contributed by atoms with van der Waals surface area (Å²) in [4.78, 5) is 15.3. The van der Waals surface area contributed by atoms with E-state index in [0.29, 0.717) is 6.42 Å². The zero-order valence-electron chi connectivity index (χ0n) is 13.6. The predicted octanol–water partition coefficient (Wildman–Crippen LogP) is 4.01. The largest absolute Gasteiger partial charge is 0.361 e. The summed E-state index contributed by atoms with van der Waals surface area (Å²) in [6, 6.07) is 22.1. The molecule has 4 nitrogen and oxygen atoms in total. The SMILES string of the molecule is O=C(Cc1ccc2ccccc2c1)NN=Cc1c[nH]c2ccccc12. The average molecular weight is 327 g/mol. The Morgan fingerprint density at radius 2 is 1.80 bits per heavy atom. The van der Waals surface area contributed by atoms with E-state index in [1.807, 2.05) is 66.9 Å². The Morgan fingerprint density at radius 3 is 2.72 bits per heavy atom. The Hall–Kier alpha value is -3.40. The number of rotatable bonds is 4. The van der Waals surface area contributed by atoms with E-state index in [0.717, 1.165) is 27.4 Å². The van der Waals surface area contributed by atoms with Gasteiger partial charge in [-0.25, -0.2) is 5.43 Å². The third-order valence-electron chi connectivity index (χ3n) is 4.19. The summed E-state index contributed by atoms with van der Waals surface area (Å²) < 4.78 is 0. The van der Waals surface area contributed by atoms with Gasteiger partial charge in [0.2, 0.25) is 5.91 Å². The Morgan fingerprint density at radius 1 is 1.00 bits per heavy atom. The molecule has 0 aliphatic heterocycles. The number of carbonyl (C=O) groups excluding carboxylic acids is 1. The number of hydrazone groups is 1. The first-order valence-electron chi connectivity index (χ1n) is 8.15. The highest BCUT2D eigenvalue weighted by molar-refractivity contribution is 5.99. The van der Waals surface area contributed by atoms with E-state index in [9.17, 15) is 4.79 Å². The zero-order chi connectivity index (χ0) is 17.1. The average Bonchev–Trinajstić information content (AvgIpc) is 3.05. The smallest absolute Gasteiger partial charge is 0.244 e. The van der Waals surface area contributed by atoms with E-state index < -0.39 is 0 Å². The number of benzene rings is 3. The normalized spacial score (nSPS) is 11.4. The lowest BCUT2D eigenvalue weighted by molar-refractivity contribution is -0.120. The number of nitrogens with one attached hydrogen (secondary N) is 2. The molecule has 0 unspecified atom stereocenters. The van der Waals surface area contributed by atoms with Gasteiger partial charge in [-0.2, -0.15) is 5.10 Å². The van der Waals surface area contributed by atoms with Gasteiger partial charge < -0.3 is 4.98 Å². The van der Waals surface area contributed by atoms with Crippen LogP contribution < -0.4 is 5.43 Å². The maximum absolute atomic E-state index is 12.1. The molecule has 0 aliphatic carbocycles. The number of carbonyl (C=O) groups is 1. The molecule has 122 valence electrons. The summed E-state index contributed by atoms with van der Waals surface area (Å²) in [5.41, 5.74) is 5.56. The van der Waals surface area contributed by atoms with E-state index in [4.69, 9.17) is 0 Å². The van der Waals surface area contributed by atoms with Crippen molar-refractivity contribution in [3.63, 3.8) is 0 Å². The van der Waals surface area contributed by atoms with Crippen molar-refractivity contribution in [3.05, 3.63) is 84.1 Å². The minimum absolute atomic E-state index is 0.133. The minimum atomic E-state index is -0.133. The van der Waals surface area contributed by atoms with Gasteiger partial charge in [-0.15, -0.1) is 0 Å².